The second-order valence-corrected chi connectivity index (χ2v) is 6.10. The Kier molecular flexibility index (Phi) is 4.73. The SMILES string of the molecule is CN1CCC(CN(C)C(=O)C(=O)OC(C)(C)C)C1. The minimum atomic E-state index is -0.767. The van der Waals surface area contributed by atoms with Gasteiger partial charge in [0.25, 0.3) is 0 Å². The molecule has 0 bridgehead atoms. The van der Waals surface area contributed by atoms with Gasteiger partial charge < -0.3 is 14.5 Å². The van der Waals surface area contributed by atoms with Crippen molar-refractivity contribution in [3.05, 3.63) is 0 Å². The fourth-order valence-corrected chi connectivity index (χ4v) is 2.12. The number of rotatable bonds is 2. The fraction of sp³-hybridized carbons (Fsp3) is 0.846. The van der Waals surface area contributed by atoms with E-state index in [-0.39, 0.29) is 0 Å². The van der Waals surface area contributed by atoms with Crippen LogP contribution < -0.4 is 0 Å². The van der Waals surface area contributed by atoms with Gasteiger partial charge in [0.05, 0.1) is 0 Å². The Morgan fingerprint density at radius 3 is 2.44 bits per heavy atom. The predicted octanol–water partition coefficient (Wildman–Crippen LogP) is 0.738. The third kappa shape index (κ3) is 4.64. The van der Waals surface area contributed by atoms with Crippen LogP contribution in [0.5, 0.6) is 0 Å². The largest absolute Gasteiger partial charge is 0.453 e. The highest BCUT2D eigenvalue weighted by atomic mass is 16.6. The van der Waals surface area contributed by atoms with Crippen LogP contribution >= 0.6 is 0 Å². The topological polar surface area (TPSA) is 49.9 Å². The number of likely N-dealkylation sites (N-methyl/N-ethyl adjacent to an activating group) is 1. The molecule has 0 aliphatic carbocycles. The van der Waals surface area contributed by atoms with Gasteiger partial charge in [0.2, 0.25) is 0 Å². The Hall–Kier alpha value is -1.10. The summed E-state index contributed by atoms with van der Waals surface area (Å²) in [5, 5.41) is 0. The van der Waals surface area contributed by atoms with Gasteiger partial charge in [0.1, 0.15) is 5.60 Å². The summed E-state index contributed by atoms with van der Waals surface area (Å²) >= 11 is 0. The summed E-state index contributed by atoms with van der Waals surface area (Å²) in [7, 11) is 3.72. The van der Waals surface area contributed by atoms with Crippen molar-refractivity contribution in [1.29, 1.82) is 0 Å². The molecule has 0 aromatic carbocycles. The van der Waals surface area contributed by atoms with E-state index in [1.165, 1.54) is 4.90 Å². The molecule has 1 aliphatic rings. The summed E-state index contributed by atoms with van der Waals surface area (Å²) < 4.78 is 5.07. The molecule has 1 amide bonds. The lowest BCUT2D eigenvalue weighted by molar-refractivity contribution is -0.167. The molecule has 0 spiro atoms. The van der Waals surface area contributed by atoms with Gasteiger partial charge in [0.15, 0.2) is 0 Å². The van der Waals surface area contributed by atoms with Crippen molar-refractivity contribution in [1.82, 2.24) is 9.80 Å². The summed E-state index contributed by atoms with van der Waals surface area (Å²) in [5.41, 5.74) is -0.624. The van der Waals surface area contributed by atoms with Crippen LogP contribution in [0.4, 0.5) is 0 Å². The van der Waals surface area contributed by atoms with Gasteiger partial charge in [-0.2, -0.15) is 0 Å². The smallest absolute Gasteiger partial charge is 0.397 e. The fourth-order valence-electron chi connectivity index (χ4n) is 2.12. The maximum absolute atomic E-state index is 11.8. The number of ether oxygens (including phenoxy) is 1. The molecular formula is C13H24N2O3. The van der Waals surface area contributed by atoms with Crippen LogP contribution in [-0.4, -0.2) is 61.0 Å². The van der Waals surface area contributed by atoms with Crippen molar-refractivity contribution >= 4 is 11.9 Å². The number of hydrogen-bond acceptors (Lipinski definition) is 4. The number of amides is 1. The Morgan fingerprint density at radius 1 is 1.39 bits per heavy atom. The number of hydrogen-bond donors (Lipinski definition) is 0. The summed E-state index contributed by atoms with van der Waals surface area (Å²) in [6, 6.07) is 0. The molecule has 1 unspecified atom stereocenters. The lowest BCUT2D eigenvalue weighted by Crippen LogP contribution is -2.40. The van der Waals surface area contributed by atoms with Crippen molar-refractivity contribution in [2.45, 2.75) is 32.8 Å². The number of carbonyl (C=O) groups excluding carboxylic acids is 2. The van der Waals surface area contributed by atoms with E-state index in [1.807, 2.05) is 0 Å². The van der Waals surface area contributed by atoms with E-state index >= 15 is 0 Å². The van der Waals surface area contributed by atoms with E-state index in [0.29, 0.717) is 12.5 Å². The quantitative estimate of drug-likeness (QED) is 0.540. The summed E-state index contributed by atoms with van der Waals surface area (Å²) in [6.07, 6.45) is 1.07. The van der Waals surface area contributed by atoms with Crippen molar-refractivity contribution in [3.63, 3.8) is 0 Å². The Morgan fingerprint density at radius 2 is 2.00 bits per heavy atom. The average molecular weight is 256 g/mol. The van der Waals surface area contributed by atoms with Gasteiger partial charge in [-0.1, -0.05) is 0 Å². The molecule has 5 nitrogen and oxygen atoms in total. The van der Waals surface area contributed by atoms with E-state index in [2.05, 4.69) is 11.9 Å². The molecule has 0 radical (unpaired) electrons. The molecule has 1 fully saturated rings. The summed E-state index contributed by atoms with van der Waals surface area (Å²) in [4.78, 5) is 27.1. The van der Waals surface area contributed by atoms with Gasteiger partial charge >= 0.3 is 11.9 Å². The van der Waals surface area contributed by atoms with Crippen LogP contribution in [0.25, 0.3) is 0 Å². The van der Waals surface area contributed by atoms with Gasteiger partial charge in [-0.05, 0) is 46.7 Å². The second kappa shape index (κ2) is 5.69. The summed E-state index contributed by atoms with van der Waals surface area (Å²) in [5.74, 6) is -0.873. The molecule has 0 aromatic heterocycles. The minimum absolute atomic E-state index is 0.450. The highest BCUT2D eigenvalue weighted by molar-refractivity contribution is 6.32. The zero-order chi connectivity index (χ0) is 13.9. The van der Waals surface area contributed by atoms with E-state index in [4.69, 9.17) is 4.74 Å². The first-order valence-corrected chi connectivity index (χ1v) is 6.36. The van der Waals surface area contributed by atoms with E-state index in [1.54, 1.807) is 27.8 Å². The molecule has 5 heteroatoms. The molecule has 18 heavy (non-hydrogen) atoms. The Labute approximate surface area is 109 Å². The van der Waals surface area contributed by atoms with Gasteiger partial charge in [-0.15, -0.1) is 0 Å². The lowest BCUT2D eigenvalue weighted by Gasteiger charge is -2.23. The van der Waals surface area contributed by atoms with Crippen LogP contribution in [0.15, 0.2) is 0 Å². The van der Waals surface area contributed by atoms with Gasteiger partial charge in [-0.25, -0.2) is 4.79 Å². The zero-order valence-electron chi connectivity index (χ0n) is 12.0. The van der Waals surface area contributed by atoms with Crippen molar-refractivity contribution in [2.24, 2.45) is 5.92 Å². The molecule has 104 valence electrons. The normalized spacial score (nSPS) is 20.8. The van der Waals surface area contributed by atoms with Gasteiger partial charge in [0, 0.05) is 20.1 Å². The summed E-state index contributed by atoms with van der Waals surface area (Å²) in [6.45, 7) is 7.91. The van der Waals surface area contributed by atoms with Crippen molar-refractivity contribution in [2.75, 3.05) is 33.7 Å². The third-order valence-electron chi connectivity index (χ3n) is 2.94. The monoisotopic (exact) mass is 256 g/mol. The molecular weight excluding hydrogens is 232 g/mol. The molecule has 0 saturated carbocycles. The molecule has 0 N–H and O–H groups in total. The van der Waals surface area contributed by atoms with E-state index in [0.717, 1.165) is 19.5 Å². The van der Waals surface area contributed by atoms with Crippen LogP contribution in [0.1, 0.15) is 27.2 Å². The highest BCUT2D eigenvalue weighted by Gasteiger charge is 2.28. The molecule has 0 aromatic rings. The number of esters is 1. The van der Waals surface area contributed by atoms with Crippen LogP contribution in [0.2, 0.25) is 0 Å². The highest BCUT2D eigenvalue weighted by Crippen LogP contribution is 2.15. The van der Waals surface area contributed by atoms with Crippen LogP contribution in [0, 0.1) is 5.92 Å². The number of carbonyl (C=O) groups is 2. The Balaban J connectivity index is 2.43. The van der Waals surface area contributed by atoms with Crippen LogP contribution in [0.3, 0.4) is 0 Å². The van der Waals surface area contributed by atoms with Crippen molar-refractivity contribution < 1.29 is 14.3 Å². The predicted molar refractivity (Wildman–Crippen MR) is 69.1 cm³/mol. The molecule has 1 heterocycles. The maximum Gasteiger partial charge on any atom is 0.397 e. The van der Waals surface area contributed by atoms with Crippen molar-refractivity contribution in [3.8, 4) is 0 Å². The molecule has 1 saturated heterocycles. The zero-order valence-corrected chi connectivity index (χ0v) is 12.0. The average Bonchev–Trinajstić information content (AvgIpc) is 2.60. The maximum atomic E-state index is 11.8. The minimum Gasteiger partial charge on any atom is -0.453 e. The first kappa shape index (κ1) is 15.0. The Bertz CT molecular complexity index is 323. The number of likely N-dealkylation sites (tertiary alicyclic amines) is 1. The van der Waals surface area contributed by atoms with Gasteiger partial charge in [-0.3, -0.25) is 4.79 Å². The second-order valence-electron chi connectivity index (χ2n) is 6.10. The van der Waals surface area contributed by atoms with E-state index < -0.39 is 17.5 Å². The molecule has 1 aliphatic heterocycles. The third-order valence-corrected chi connectivity index (χ3v) is 2.94. The van der Waals surface area contributed by atoms with Crippen LogP contribution in [-0.2, 0) is 14.3 Å². The lowest BCUT2D eigenvalue weighted by atomic mass is 10.1. The number of nitrogens with zero attached hydrogens (tertiary/aromatic N) is 2. The first-order valence-electron chi connectivity index (χ1n) is 6.36. The molecule has 1 rings (SSSR count). The first-order chi connectivity index (χ1) is 8.19. The molecule has 1 atom stereocenters. The standard InChI is InChI=1S/C13H24N2O3/c1-13(2,3)18-12(17)11(16)15(5)9-10-6-7-14(4)8-10/h10H,6-9H2,1-5H3. The van der Waals surface area contributed by atoms with E-state index in [9.17, 15) is 9.59 Å².